The van der Waals surface area contributed by atoms with Crippen LogP contribution in [-0.4, -0.2) is 28.5 Å². The molecule has 0 radical (unpaired) electrons. The third-order valence-corrected chi connectivity index (χ3v) is 3.83. The van der Waals surface area contributed by atoms with Gasteiger partial charge in [-0.3, -0.25) is 4.99 Å². The first kappa shape index (κ1) is 19.7. The second kappa shape index (κ2) is 8.18. The molecular formula is C17H18ClF2N5O. The summed E-state index contributed by atoms with van der Waals surface area (Å²) in [6, 6.07) is 4.26. The van der Waals surface area contributed by atoms with Crippen LogP contribution >= 0.6 is 11.6 Å². The number of rotatable bonds is 6. The summed E-state index contributed by atoms with van der Waals surface area (Å²) in [7, 11) is 0. The van der Waals surface area contributed by atoms with Crippen molar-refractivity contribution in [3.63, 3.8) is 0 Å². The zero-order chi connectivity index (χ0) is 19.3. The Morgan fingerprint density at radius 2 is 2.12 bits per heavy atom. The topological polar surface area (TPSA) is 85.8 Å². The number of hydrazone groups is 1. The van der Waals surface area contributed by atoms with Gasteiger partial charge in [0.1, 0.15) is 12.3 Å². The van der Waals surface area contributed by atoms with Crippen molar-refractivity contribution >= 4 is 29.2 Å². The van der Waals surface area contributed by atoms with Crippen molar-refractivity contribution < 1.29 is 13.5 Å². The maximum Gasteiger partial charge on any atom is 0.316 e. The molecule has 26 heavy (non-hydrogen) atoms. The van der Waals surface area contributed by atoms with Crippen LogP contribution in [0.3, 0.4) is 0 Å². The number of aryl methyl sites for hydroxylation is 2. The van der Waals surface area contributed by atoms with Gasteiger partial charge in [0.25, 0.3) is 5.92 Å². The number of hydrogen-bond donors (Lipinski definition) is 1. The molecule has 9 heteroatoms. The Morgan fingerprint density at radius 1 is 1.38 bits per heavy atom. The minimum absolute atomic E-state index is 0.0209. The minimum Gasteiger partial charge on any atom is -0.457 e. The van der Waals surface area contributed by atoms with Crippen molar-refractivity contribution in [1.29, 1.82) is 0 Å². The number of nitrogens with two attached hydrogens (primary N) is 1. The largest absolute Gasteiger partial charge is 0.457 e. The first-order valence-electron chi connectivity index (χ1n) is 7.62. The van der Waals surface area contributed by atoms with Crippen LogP contribution in [0.1, 0.15) is 23.7 Å². The number of hydrogen-bond acceptors (Lipinski definition) is 6. The van der Waals surface area contributed by atoms with E-state index in [0.717, 1.165) is 18.2 Å². The van der Waals surface area contributed by atoms with E-state index in [1.165, 1.54) is 24.4 Å². The molecule has 1 aromatic carbocycles. The molecule has 0 aliphatic carbocycles. The number of aliphatic imine (C=N–C) groups is 1. The number of alkyl halides is 2. The summed E-state index contributed by atoms with van der Waals surface area (Å²) < 4.78 is 32.4. The zero-order valence-electron chi connectivity index (χ0n) is 14.5. The molecule has 0 saturated carbocycles. The summed E-state index contributed by atoms with van der Waals surface area (Å²) in [5.41, 5.74) is 2.00. The number of nitrogens with zero attached hydrogens (tertiary/aromatic N) is 4. The molecule has 0 aliphatic heterocycles. The van der Waals surface area contributed by atoms with Crippen LogP contribution in [0.25, 0.3) is 0 Å². The first-order valence-corrected chi connectivity index (χ1v) is 8.00. The van der Waals surface area contributed by atoms with Crippen LogP contribution in [0.15, 0.2) is 34.5 Å². The zero-order valence-corrected chi connectivity index (χ0v) is 15.3. The van der Waals surface area contributed by atoms with Crippen molar-refractivity contribution in [2.45, 2.75) is 26.7 Å². The van der Waals surface area contributed by atoms with E-state index < -0.39 is 5.92 Å². The van der Waals surface area contributed by atoms with E-state index in [1.807, 2.05) is 13.8 Å². The van der Waals surface area contributed by atoms with E-state index in [2.05, 4.69) is 20.1 Å². The fourth-order valence-corrected chi connectivity index (χ4v) is 2.18. The fraction of sp³-hybridized carbons (Fsp3) is 0.294. The average Bonchev–Trinajstić information content (AvgIpc) is 2.58. The van der Waals surface area contributed by atoms with E-state index >= 15 is 0 Å². The third-order valence-electron chi connectivity index (χ3n) is 3.50. The van der Waals surface area contributed by atoms with Gasteiger partial charge in [-0.05, 0) is 37.6 Å². The third kappa shape index (κ3) is 5.19. The van der Waals surface area contributed by atoms with E-state index in [-0.39, 0.29) is 34.6 Å². The molecule has 2 aromatic rings. The standard InChI is InChI=1S/C17H18ClF2N5O/c1-10-7-23-16(24-11(10)2)26-9-13(25-21)8-22-12-4-5-15(18)14(6-12)17(3,19)20/h4-8H,9,21H2,1-3H3. The van der Waals surface area contributed by atoms with Crippen molar-refractivity contribution in [2.24, 2.45) is 15.9 Å². The molecule has 0 spiro atoms. The Hall–Kier alpha value is -2.61. The lowest BCUT2D eigenvalue weighted by Gasteiger charge is -2.12. The van der Waals surface area contributed by atoms with Gasteiger partial charge >= 0.3 is 6.01 Å². The van der Waals surface area contributed by atoms with Crippen LogP contribution < -0.4 is 10.6 Å². The molecule has 0 atom stereocenters. The average molecular weight is 382 g/mol. The molecule has 0 bridgehead atoms. The maximum atomic E-state index is 13.5. The Morgan fingerprint density at radius 3 is 2.73 bits per heavy atom. The Bertz CT molecular complexity index is 850. The second-order valence-electron chi connectivity index (χ2n) is 5.64. The molecule has 0 amide bonds. The molecule has 1 aromatic heterocycles. The highest BCUT2D eigenvalue weighted by molar-refractivity contribution is 6.32. The molecule has 6 nitrogen and oxygen atoms in total. The van der Waals surface area contributed by atoms with Crippen molar-refractivity contribution in [2.75, 3.05) is 6.61 Å². The molecule has 2 N–H and O–H groups in total. The van der Waals surface area contributed by atoms with Crippen LogP contribution in [0.5, 0.6) is 6.01 Å². The summed E-state index contributed by atoms with van der Waals surface area (Å²) in [6.07, 6.45) is 2.97. The number of ether oxygens (including phenoxy) is 1. The van der Waals surface area contributed by atoms with Gasteiger partial charge in [-0.1, -0.05) is 11.6 Å². The van der Waals surface area contributed by atoms with E-state index in [0.29, 0.717) is 0 Å². The van der Waals surface area contributed by atoms with Crippen LogP contribution in [0, 0.1) is 13.8 Å². The van der Waals surface area contributed by atoms with E-state index in [1.54, 1.807) is 6.20 Å². The highest BCUT2D eigenvalue weighted by Gasteiger charge is 2.27. The lowest BCUT2D eigenvalue weighted by Crippen LogP contribution is -2.16. The molecule has 1 heterocycles. The van der Waals surface area contributed by atoms with Gasteiger partial charge in [-0.15, -0.1) is 0 Å². The Balaban J connectivity index is 2.09. The molecule has 0 saturated heterocycles. The number of halogens is 3. The van der Waals surface area contributed by atoms with Crippen LogP contribution in [0.4, 0.5) is 14.5 Å². The van der Waals surface area contributed by atoms with Crippen LogP contribution in [-0.2, 0) is 5.92 Å². The number of aromatic nitrogens is 2. The summed E-state index contributed by atoms with van der Waals surface area (Å²) >= 11 is 5.80. The summed E-state index contributed by atoms with van der Waals surface area (Å²) in [5.74, 6) is 2.24. The number of benzene rings is 1. The monoisotopic (exact) mass is 381 g/mol. The quantitative estimate of drug-likeness (QED) is 0.466. The second-order valence-corrected chi connectivity index (χ2v) is 6.05. The highest BCUT2D eigenvalue weighted by atomic mass is 35.5. The predicted molar refractivity (Wildman–Crippen MR) is 97.8 cm³/mol. The van der Waals surface area contributed by atoms with E-state index in [9.17, 15) is 8.78 Å². The van der Waals surface area contributed by atoms with Gasteiger partial charge in [0.05, 0.1) is 11.9 Å². The lowest BCUT2D eigenvalue weighted by atomic mass is 10.1. The molecule has 2 rings (SSSR count). The van der Waals surface area contributed by atoms with Crippen LogP contribution in [0.2, 0.25) is 5.02 Å². The minimum atomic E-state index is -3.07. The smallest absolute Gasteiger partial charge is 0.316 e. The molecule has 0 unspecified atom stereocenters. The predicted octanol–water partition coefficient (Wildman–Crippen LogP) is 3.95. The van der Waals surface area contributed by atoms with Gasteiger partial charge in [0.2, 0.25) is 0 Å². The Labute approximate surface area is 154 Å². The molecular weight excluding hydrogens is 364 g/mol. The van der Waals surface area contributed by atoms with Crippen molar-refractivity contribution in [3.05, 3.63) is 46.2 Å². The van der Waals surface area contributed by atoms with E-state index in [4.69, 9.17) is 22.2 Å². The highest BCUT2D eigenvalue weighted by Crippen LogP contribution is 2.35. The molecule has 138 valence electrons. The fourth-order valence-electron chi connectivity index (χ4n) is 1.90. The maximum absolute atomic E-state index is 13.5. The molecule has 0 fully saturated rings. The summed E-state index contributed by atoms with van der Waals surface area (Å²) in [5, 5.41) is 3.53. The van der Waals surface area contributed by atoms with Gasteiger partial charge < -0.3 is 10.6 Å². The van der Waals surface area contributed by atoms with Gasteiger partial charge in [0, 0.05) is 29.4 Å². The summed E-state index contributed by atoms with van der Waals surface area (Å²) in [6.45, 7) is 4.47. The van der Waals surface area contributed by atoms with Gasteiger partial charge in [-0.2, -0.15) is 5.10 Å². The normalized spacial score (nSPS) is 12.6. The summed E-state index contributed by atoms with van der Waals surface area (Å²) in [4.78, 5) is 12.3. The van der Waals surface area contributed by atoms with Gasteiger partial charge in [0.15, 0.2) is 0 Å². The first-order chi connectivity index (χ1) is 12.2. The Kier molecular flexibility index (Phi) is 6.20. The molecule has 0 aliphatic rings. The SMILES string of the molecule is Cc1cnc(OCC(C=Nc2ccc(Cl)c(C(C)(F)F)c2)=NN)nc1C. The van der Waals surface area contributed by atoms with Crippen molar-refractivity contribution in [1.82, 2.24) is 9.97 Å². The van der Waals surface area contributed by atoms with Crippen molar-refractivity contribution in [3.8, 4) is 6.01 Å². The lowest BCUT2D eigenvalue weighted by molar-refractivity contribution is 0.0176. The van der Waals surface area contributed by atoms with Gasteiger partial charge in [-0.25, -0.2) is 18.7 Å².